The molecule has 0 aliphatic heterocycles. The summed E-state index contributed by atoms with van der Waals surface area (Å²) in [4.78, 5) is 11.6. The highest BCUT2D eigenvalue weighted by atomic mass is 79.9. The Kier molecular flexibility index (Phi) is 5.28. The molecule has 1 amide bonds. The molecule has 5 heteroatoms. The summed E-state index contributed by atoms with van der Waals surface area (Å²) >= 11 is 3.32. The van der Waals surface area contributed by atoms with E-state index < -0.39 is 0 Å². The minimum atomic E-state index is -0.310. The van der Waals surface area contributed by atoms with Crippen molar-refractivity contribution in [2.75, 3.05) is 6.54 Å². The molecule has 0 spiro atoms. The van der Waals surface area contributed by atoms with Gasteiger partial charge in [-0.3, -0.25) is 4.79 Å². The van der Waals surface area contributed by atoms with Gasteiger partial charge < -0.3 is 10.6 Å². The largest absolute Gasteiger partial charge is 0.351 e. The van der Waals surface area contributed by atoms with E-state index in [0.717, 1.165) is 10.0 Å². The van der Waals surface area contributed by atoms with E-state index in [2.05, 4.69) is 26.6 Å². The number of carbonyl (C=O) groups excluding carboxylic acids is 1. The van der Waals surface area contributed by atoms with Crippen molar-refractivity contribution < 1.29 is 9.18 Å². The first kappa shape index (κ1) is 15.1. The van der Waals surface area contributed by atoms with Gasteiger partial charge >= 0.3 is 0 Å². The third-order valence-corrected chi connectivity index (χ3v) is 3.04. The average molecular weight is 317 g/mol. The zero-order chi connectivity index (χ0) is 13.8. The smallest absolute Gasteiger partial charge is 0.234 e. The third-order valence-electron chi connectivity index (χ3n) is 2.26. The van der Waals surface area contributed by atoms with Crippen LogP contribution in [0, 0.1) is 5.82 Å². The van der Waals surface area contributed by atoms with Gasteiger partial charge in [-0.1, -0.05) is 15.9 Å². The molecule has 0 atom stereocenters. The van der Waals surface area contributed by atoms with Gasteiger partial charge in [0.05, 0.1) is 6.54 Å². The van der Waals surface area contributed by atoms with Crippen LogP contribution in [0.15, 0.2) is 22.7 Å². The zero-order valence-corrected chi connectivity index (χ0v) is 12.4. The fraction of sp³-hybridized carbons (Fsp3) is 0.462. The summed E-state index contributed by atoms with van der Waals surface area (Å²) in [7, 11) is 0. The van der Waals surface area contributed by atoms with Crippen molar-refractivity contribution in [3.8, 4) is 0 Å². The van der Waals surface area contributed by atoms with Crippen LogP contribution in [0.1, 0.15) is 26.3 Å². The highest BCUT2D eigenvalue weighted by Crippen LogP contribution is 2.17. The summed E-state index contributed by atoms with van der Waals surface area (Å²) in [6.45, 7) is 6.52. The summed E-state index contributed by atoms with van der Waals surface area (Å²) in [5.41, 5.74) is 0.621. The van der Waals surface area contributed by atoms with Crippen LogP contribution in [0.5, 0.6) is 0 Å². The van der Waals surface area contributed by atoms with Crippen molar-refractivity contribution in [1.82, 2.24) is 10.6 Å². The van der Waals surface area contributed by atoms with Gasteiger partial charge in [-0.25, -0.2) is 4.39 Å². The molecule has 0 saturated heterocycles. The number of amides is 1. The lowest BCUT2D eigenvalue weighted by molar-refractivity contribution is -0.120. The van der Waals surface area contributed by atoms with Gasteiger partial charge in [-0.15, -0.1) is 0 Å². The van der Waals surface area contributed by atoms with E-state index in [1.807, 2.05) is 20.8 Å². The number of carbonyl (C=O) groups is 1. The third kappa shape index (κ3) is 5.60. The van der Waals surface area contributed by atoms with Crippen LogP contribution in [0.3, 0.4) is 0 Å². The molecule has 0 aromatic heterocycles. The van der Waals surface area contributed by atoms with Gasteiger partial charge in [0.2, 0.25) is 5.91 Å². The molecule has 2 N–H and O–H groups in total. The number of halogens is 2. The molecule has 0 heterocycles. The topological polar surface area (TPSA) is 41.1 Å². The Balaban J connectivity index is 2.45. The maximum atomic E-state index is 13.0. The summed E-state index contributed by atoms with van der Waals surface area (Å²) in [5, 5.41) is 5.83. The molecule has 0 fully saturated rings. The monoisotopic (exact) mass is 316 g/mol. The van der Waals surface area contributed by atoms with E-state index in [1.54, 1.807) is 6.07 Å². The number of nitrogens with one attached hydrogen (secondary N) is 2. The van der Waals surface area contributed by atoms with Crippen LogP contribution >= 0.6 is 15.9 Å². The lowest BCUT2D eigenvalue weighted by Gasteiger charge is -2.20. The molecule has 0 radical (unpaired) electrons. The molecule has 100 valence electrons. The first-order valence-corrected chi connectivity index (χ1v) is 6.53. The van der Waals surface area contributed by atoms with E-state index in [4.69, 9.17) is 0 Å². The molecule has 18 heavy (non-hydrogen) atoms. The SMILES string of the molecule is CC(C)(C)NCC(=O)NCc1cc(F)ccc1Br. The minimum Gasteiger partial charge on any atom is -0.351 e. The number of rotatable bonds is 4. The highest BCUT2D eigenvalue weighted by Gasteiger charge is 2.11. The normalized spacial score (nSPS) is 11.4. The molecule has 0 unspecified atom stereocenters. The second kappa shape index (κ2) is 6.29. The molecule has 1 rings (SSSR count). The summed E-state index contributed by atoms with van der Waals surface area (Å²) in [6.07, 6.45) is 0. The molecule has 1 aromatic rings. The molecule has 0 aliphatic rings. The van der Waals surface area contributed by atoms with Gasteiger partial charge in [-0.05, 0) is 44.5 Å². The Morgan fingerprint density at radius 3 is 2.67 bits per heavy atom. The van der Waals surface area contributed by atoms with Crippen molar-refractivity contribution in [3.05, 3.63) is 34.1 Å². The summed E-state index contributed by atoms with van der Waals surface area (Å²) in [5.74, 6) is -0.420. The van der Waals surface area contributed by atoms with Crippen molar-refractivity contribution >= 4 is 21.8 Å². The minimum absolute atomic E-state index is 0.100. The second-order valence-corrected chi connectivity index (χ2v) is 5.97. The Labute approximate surface area is 115 Å². The van der Waals surface area contributed by atoms with Crippen molar-refractivity contribution in [3.63, 3.8) is 0 Å². The van der Waals surface area contributed by atoms with Crippen molar-refractivity contribution in [2.24, 2.45) is 0 Å². The predicted molar refractivity (Wildman–Crippen MR) is 73.7 cm³/mol. The Bertz CT molecular complexity index is 429. The molecular formula is C13H18BrFN2O. The fourth-order valence-electron chi connectivity index (χ4n) is 1.28. The number of benzene rings is 1. The van der Waals surface area contributed by atoms with Crippen LogP contribution in [-0.4, -0.2) is 18.0 Å². The molecule has 3 nitrogen and oxygen atoms in total. The van der Waals surface area contributed by atoms with Crippen LogP contribution in [0.25, 0.3) is 0 Å². The Morgan fingerprint density at radius 2 is 2.06 bits per heavy atom. The number of hydrogen-bond donors (Lipinski definition) is 2. The summed E-state index contributed by atoms with van der Waals surface area (Å²) in [6, 6.07) is 4.41. The first-order valence-electron chi connectivity index (χ1n) is 5.73. The van der Waals surface area contributed by atoms with Gasteiger partial charge in [0, 0.05) is 16.6 Å². The lowest BCUT2D eigenvalue weighted by atomic mass is 10.1. The molecule has 0 aliphatic carbocycles. The molecule has 0 bridgehead atoms. The van der Waals surface area contributed by atoms with E-state index in [-0.39, 0.29) is 23.8 Å². The van der Waals surface area contributed by atoms with E-state index >= 15 is 0 Å². The van der Waals surface area contributed by atoms with Gasteiger partial charge in [0.15, 0.2) is 0 Å². The molecule has 1 aromatic carbocycles. The average Bonchev–Trinajstić information content (AvgIpc) is 2.26. The van der Waals surface area contributed by atoms with Gasteiger partial charge in [0.25, 0.3) is 0 Å². The van der Waals surface area contributed by atoms with Crippen molar-refractivity contribution in [2.45, 2.75) is 32.9 Å². The molecule has 0 saturated carbocycles. The summed E-state index contributed by atoms with van der Waals surface area (Å²) < 4.78 is 13.8. The predicted octanol–water partition coefficient (Wildman–Crippen LogP) is 2.59. The van der Waals surface area contributed by atoms with Crippen LogP contribution in [0.2, 0.25) is 0 Å². The van der Waals surface area contributed by atoms with Gasteiger partial charge in [0.1, 0.15) is 5.82 Å². The first-order chi connectivity index (χ1) is 8.28. The van der Waals surface area contributed by atoms with Crippen molar-refractivity contribution in [1.29, 1.82) is 0 Å². The maximum absolute atomic E-state index is 13.0. The van der Waals surface area contributed by atoms with Crippen LogP contribution in [-0.2, 0) is 11.3 Å². The molecular weight excluding hydrogens is 299 g/mol. The zero-order valence-electron chi connectivity index (χ0n) is 10.8. The number of hydrogen-bond acceptors (Lipinski definition) is 2. The van der Waals surface area contributed by atoms with Gasteiger partial charge in [-0.2, -0.15) is 0 Å². The van der Waals surface area contributed by atoms with E-state index in [0.29, 0.717) is 6.54 Å². The maximum Gasteiger partial charge on any atom is 0.234 e. The lowest BCUT2D eigenvalue weighted by Crippen LogP contribution is -2.43. The highest BCUT2D eigenvalue weighted by molar-refractivity contribution is 9.10. The van der Waals surface area contributed by atoms with Crippen LogP contribution in [0.4, 0.5) is 4.39 Å². The Hall–Kier alpha value is -0.940. The fourth-order valence-corrected chi connectivity index (χ4v) is 1.67. The quantitative estimate of drug-likeness (QED) is 0.896. The standard InChI is InChI=1S/C13H18BrFN2O/c1-13(2,3)17-8-12(18)16-7-9-6-10(15)4-5-11(9)14/h4-6,17H,7-8H2,1-3H3,(H,16,18). The van der Waals surface area contributed by atoms with Crippen LogP contribution < -0.4 is 10.6 Å². The second-order valence-electron chi connectivity index (χ2n) is 5.12. The Morgan fingerprint density at radius 1 is 1.39 bits per heavy atom. The van der Waals surface area contributed by atoms with E-state index in [9.17, 15) is 9.18 Å². The van der Waals surface area contributed by atoms with E-state index in [1.165, 1.54) is 12.1 Å².